The smallest absolute Gasteiger partial charge is 0.255 e. The fourth-order valence-corrected chi connectivity index (χ4v) is 4.05. The van der Waals surface area contributed by atoms with Crippen molar-refractivity contribution in [2.24, 2.45) is 0 Å². The van der Waals surface area contributed by atoms with E-state index in [0.717, 1.165) is 5.56 Å². The predicted molar refractivity (Wildman–Crippen MR) is 115 cm³/mol. The molecular weight excluding hydrogens is 410 g/mol. The summed E-state index contributed by atoms with van der Waals surface area (Å²) in [4.78, 5) is 12.7. The minimum atomic E-state index is -3.72. The highest BCUT2D eigenvalue weighted by atomic mass is 32.2. The van der Waals surface area contributed by atoms with Crippen molar-refractivity contribution < 1.29 is 17.9 Å². The summed E-state index contributed by atoms with van der Waals surface area (Å²) in [5.41, 5.74) is 2.41. The largest absolute Gasteiger partial charge is 0.497 e. The highest BCUT2D eigenvalue weighted by Crippen LogP contribution is 2.22. The van der Waals surface area contributed by atoms with Gasteiger partial charge in [-0.2, -0.15) is 11.3 Å². The zero-order valence-corrected chi connectivity index (χ0v) is 17.6. The van der Waals surface area contributed by atoms with Crippen LogP contribution >= 0.6 is 11.3 Å². The van der Waals surface area contributed by atoms with Crippen LogP contribution in [0, 0.1) is 0 Å². The monoisotopic (exact) mass is 431 g/mol. The second-order valence-corrected chi connectivity index (χ2v) is 8.79. The maximum absolute atomic E-state index is 12.7. The summed E-state index contributed by atoms with van der Waals surface area (Å²) < 4.78 is 32.0. The summed E-state index contributed by atoms with van der Waals surface area (Å²) in [7, 11) is -0.822. The Balaban J connectivity index is 1.87. The summed E-state index contributed by atoms with van der Waals surface area (Å²) in [5.74, 6) is 0.256. The molecule has 1 heterocycles. The molecule has 3 N–H and O–H groups in total. The van der Waals surface area contributed by atoms with Gasteiger partial charge in [-0.15, -0.1) is 0 Å². The van der Waals surface area contributed by atoms with E-state index in [4.69, 9.17) is 4.74 Å². The zero-order chi connectivity index (χ0) is 20.9. The Labute approximate surface area is 173 Å². The number of ether oxygens (including phenoxy) is 1. The van der Waals surface area contributed by atoms with Crippen molar-refractivity contribution in [3.8, 4) is 5.75 Å². The number of hydrogen-bond donors (Lipinski definition) is 3. The lowest BCUT2D eigenvalue weighted by molar-refractivity contribution is 0.102. The molecule has 0 atom stereocenters. The molecule has 152 valence electrons. The van der Waals surface area contributed by atoms with Gasteiger partial charge in [-0.1, -0.05) is 0 Å². The van der Waals surface area contributed by atoms with Crippen molar-refractivity contribution in [3.05, 3.63) is 70.4 Å². The number of sulfonamides is 1. The number of carbonyl (C=O) groups is 1. The van der Waals surface area contributed by atoms with Crippen LogP contribution in [0.2, 0.25) is 0 Å². The van der Waals surface area contributed by atoms with Gasteiger partial charge in [-0.05, 0) is 71.9 Å². The van der Waals surface area contributed by atoms with E-state index in [9.17, 15) is 13.2 Å². The summed E-state index contributed by atoms with van der Waals surface area (Å²) in [6, 6.07) is 13.3. The average Bonchev–Trinajstić information content (AvgIpc) is 3.26. The molecule has 0 saturated carbocycles. The van der Waals surface area contributed by atoms with E-state index >= 15 is 0 Å². The summed E-state index contributed by atoms with van der Waals surface area (Å²) in [6.07, 6.45) is 0. The lowest BCUT2D eigenvalue weighted by Crippen LogP contribution is -2.20. The van der Waals surface area contributed by atoms with Crippen LogP contribution in [0.15, 0.2) is 64.2 Å². The molecule has 2 aromatic carbocycles. The fourth-order valence-electron chi connectivity index (χ4n) is 2.58. The number of hydrogen-bond acceptors (Lipinski definition) is 6. The van der Waals surface area contributed by atoms with Crippen LogP contribution in [0.5, 0.6) is 5.75 Å². The highest BCUT2D eigenvalue weighted by molar-refractivity contribution is 7.89. The standard InChI is InChI=1S/C20H21N3O4S2/c1-21-29(25,26)19-10-15(9-17(11-19)22-12-14-7-8-28-13-14)20(24)23-16-3-5-18(27-2)6-4-16/h3-11,13,21-22H,12H2,1-2H3,(H,23,24). The molecule has 1 aromatic heterocycles. The van der Waals surface area contributed by atoms with Crippen molar-refractivity contribution in [1.82, 2.24) is 4.72 Å². The van der Waals surface area contributed by atoms with Gasteiger partial charge in [-0.25, -0.2) is 13.1 Å². The first kappa shape index (κ1) is 20.8. The van der Waals surface area contributed by atoms with Gasteiger partial charge in [-0.3, -0.25) is 4.79 Å². The molecule has 0 saturated heterocycles. The second kappa shape index (κ2) is 9.08. The molecule has 0 bridgehead atoms. The summed E-state index contributed by atoms with van der Waals surface area (Å²) in [6.45, 7) is 0.520. The summed E-state index contributed by atoms with van der Waals surface area (Å²) >= 11 is 1.58. The molecule has 0 aliphatic heterocycles. The van der Waals surface area contributed by atoms with E-state index in [1.165, 1.54) is 19.2 Å². The van der Waals surface area contributed by atoms with E-state index in [-0.39, 0.29) is 10.5 Å². The third-order valence-electron chi connectivity index (χ3n) is 4.17. The number of amides is 1. The summed E-state index contributed by atoms with van der Waals surface area (Å²) in [5, 5.41) is 9.91. The van der Waals surface area contributed by atoms with E-state index in [0.29, 0.717) is 23.7 Å². The van der Waals surface area contributed by atoms with Crippen molar-refractivity contribution >= 4 is 38.6 Å². The lowest BCUT2D eigenvalue weighted by atomic mass is 10.1. The van der Waals surface area contributed by atoms with Crippen LogP contribution < -0.4 is 20.1 Å². The van der Waals surface area contributed by atoms with Crippen LogP contribution in [0.3, 0.4) is 0 Å². The lowest BCUT2D eigenvalue weighted by Gasteiger charge is -2.12. The minimum Gasteiger partial charge on any atom is -0.497 e. The van der Waals surface area contributed by atoms with Crippen molar-refractivity contribution in [1.29, 1.82) is 0 Å². The van der Waals surface area contributed by atoms with Gasteiger partial charge < -0.3 is 15.4 Å². The molecule has 1 amide bonds. The van der Waals surface area contributed by atoms with Gasteiger partial charge in [0.05, 0.1) is 12.0 Å². The topological polar surface area (TPSA) is 96.5 Å². The average molecular weight is 432 g/mol. The third-order valence-corrected chi connectivity index (χ3v) is 6.30. The first-order valence-corrected chi connectivity index (χ1v) is 11.1. The van der Waals surface area contributed by atoms with Crippen molar-refractivity contribution in [2.45, 2.75) is 11.4 Å². The minimum absolute atomic E-state index is 0.00944. The molecule has 0 radical (unpaired) electrons. The van der Waals surface area contributed by atoms with Crippen LogP contribution in [-0.2, 0) is 16.6 Å². The zero-order valence-electron chi connectivity index (χ0n) is 15.9. The normalized spacial score (nSPS) is 11.1. The Morgan fingerprint density at radius 2 is 1.83 bits per heavy atom. The number of thiophene rings is 1. The predicted octanol–water partition coefficient (Wildman–Crippen LogP) is 3.53. The van der Waals surface area contributed by atoms with E-state index < -0.39 is 15.9 Å². The first-order valence-electron chi connectivity index (χ1n) is 8.70. The molecule has 9 heteroatoms. The van der Waals surface area contributed by atoms with Crippen LogP contribution in [0.1, 0.15) is 15.9 Å². The van der Waals surface area contributed by atoms with Gasteiger partial charge in [0.15, 0.2) is 0 Å². The first-order chi connectivity index (χ1) is 13.9. The fraction of sp³-hybridized carbons (Fsp3) is 0.150. The maximum Gasteiger partial charge on any atom is 0.255 e. The van der Waals surface area contributed by atoms with E-state index in [1.54, 1.807) is 48.8 Å². The van der Waals surface area contributed by atoms with E-state index in [2.05, 4.69) is 15.4 Å². The molecule has 0 aliphatic rings. The second-order valence-electron chi connectivity index (χ2n) is 6.12. The van der Waals surface area contributed by atoms with Gasteiger partial charge in [0.1, 0.15) is 5.75 Å². The molecule has 0 aliphatic carbocycles. The van der Waals surface area contributed by atoms with Gasteiger partial charge in [0.25, 0.3) is 5.91 Å². The Hall–Kier alpha value is -2.88. The Kier molecular flexibility index (Phi) is 6.53. The molecule has 29 heavy (non-hydrogen) atoms. The number of methoxy groups -OCH3 is 1. The Morgan fingerprint density at radius 1 is 1.07 bits per heavy atom. The molecule has 0 unspecified atom stereocenters. The van der Waals surface area contributed by atoms with Crippen molar-refractivity contribution in [2.75, 3.05) is 24.8 Å². The number of anilines is 2. The van der Waals surface area contributed by atoms with Crippen LogP contribution in [0.4, 0.5) is 11.4 Å². The van der Waals surface area contributed by atoms with Gasteiger partial charge >= 0.3 is 0 Å². The number of nitrogens with one attached hydrogen (secondary N) is 3. The van der Waals surface area contributed by atoms with Crippen molar-refractivity contribution in [3.63, 3.8) is 0 Å². The third kappa shape index (κ3) is 5.35. The molecule has 0 spiro atoms. The quantitative estimate of drug-likeness (QED) is 0.507. The van der Waals surface area contributed by atoms with Crippen LogP contribution in [0.25, 0.3) is 0 Å². The number of benzene rings is 2. The molecule has 3 aromatic rings. The van der Waals surface area contributed by atoms with Gasteiger partial charge in [0.2, 0.25) is 10.0 Å². The SMILES string of the molecule is CNS(=O)(=O)c1cc(NCc2ccsc2)cc(C(=O)Nc2ccc(OC)cc2)c1. The Morgan fingerprint density at radius 3 is 2.45 bits per heavy atom. The molecule has 3 rings (SSSR count). The number of carbonyl (C=O) groups excluding carboxylic acids is 1. The maximum atomic E-state index is 12.7. The molecular formula is C20H21N3O4S2. The number of rotatable bonds is 8. The van der Waals surface area contributed by atoms with Crippen LogP contribution in [-0.4, -0.2) is 28.5 Å². The Bertz CT molecular complexity index is 1080. The molecule has 0 fully saturated rings. The van der Waals surface area contributed by atoms with E-state index in [1.807, 2.05) is 16.8 Å². The molecule has 7 nitrogen and oxygen atoms in total. The highest BCUT2D eigenvalue weighted by Gasteiger charge is 2.17. The van der Waals surface area contributed by atoms with Gasteiger partial charge in [0, 0.05) is 23.5 Å².